The molecule has 0 aliphatic heterocycles. The molecule has 0 aliphatic carbocycles. The van der Waals surface area contributed by atoms with Crippen LogP contribution in [0.4, 0.5) is 5.69 Å². The fraction of sp³-hybridized carbons (Fsp3) is 0. The van der Waals surface area contributed by atoms with E-state index < -0.39 is 47.4 Å². The summed E-state index contributed by atoms with van der Waals surface area (Å²) in [6, 6.07) is 24.8. The number of nitrogens with one attached hydrogen (secondary N) is 1. The molecule has 5 aromatic rings. The average Bonchev–Trinajstić information content (AvgIpc) is 2.97. The van der Waals surface area contributed by atoms with Crippen LogP contribution in [0, 0.1) is 0 Å². The van der Waals surface area contributed by atoms with Crippen LogP contribution in [0.3, 0.4) is 0 Å². The smallest absolute Gasteiger partial charge is 0.294 e. The van der Waals surface area contributed by atoms with E-state index in [0.717, 1.165) is 12.1 Å². The van der Waals surface area contributed by atoms with Gasteiger partial charge >= 0.3 is 0 Å². The first kappa shape index (κ1) is 34.8. The topological polar surface area (TPSA) is 262 Å². The number of carbonyl (C=O) groups is 2. The number of fused-ring (bicyclic) bond motifs is 1. The van der Waals surface area contributed by atoms with Crippen molar-refractivity contribution < 1.29 is 56.0 Å². The number of anilines is 1. The van der Waals surface area contributed by atoms with Gasteiger partial charge < -0.3 is 31.5 Å². The molecule has 16 heteroatoms. The molecule has 0 fully saturated rings. The van der Waals surface area contributed by atoms with Crippen LogP contribution in [0.5, 0.6) is 23.0 Å². The van der Waals surface area contributed by atoms with Gasteiger partial charge in [0.2, 0.25) is 0 Å². The first-order valence-electron chi connectivity index (χ1n) is 12.7. The number of para-hydroxylation sites is 3. The minimum Gasteiger partial charge on any atom is -0.507 e. The Balaban J connectivity index is 0.000000198. The Morgan fingerprint density at radius 3 is 1.37 bits per heavy atom. The summed E-state index contributed by atoms with van der Waals surface area (Å²) in [6.07, 6.45) is 0. The number of amides is 2. The first-order valence-corrected chi connectivity index (χ1v) is 15.5. The van der Waals surface area contributed by atoms with E-state index in [2.05, 4.69) is 5.32 Å². The van der Waals surface area contributed by atoms with Gasteiger partial charge in [-0.15, -0.1) is 0 Å². The second kappa shape index (κ2) is 14.4. The Kier molecular flexibility index (Phi) is 10.9. The molecule has 0 heterocycles. The molecule has 0 unspecified atom stereocenters. The van der Waals surface area contributed by atoms with E-state index in [-0.39, 0.29) is 39.3 Å². The van der Waals surface area contributed by atoms with E-state index in [4.69, 9.17) is 19.9 Å². The van der Waals surface area contributed by atoms with E-state index in [9.17, 15) is 41.7 Å². The van der Waals surface area contributed by atoms with E-state index >= 15 is 0 Å². The van der Waals surface area contributed by atoms with Crippen LogP contribution in [-0.2, 0) is 20.2 Å². The summed E-state index contributed by atoms with van der Waals surface area (Å²) >= 11 is 0. The van der Waals surface area contributed by atoms with Crippen LogP contribution < -0.4 is 11.1 Å². The van der Waals surface area contributed by atoms with Crippen LogP contribution in [0.2, 0.25) is 0 Å². The average molecular weight is 671 g/mol. The molecule has 240 valence electrons. The highest BCUT2D eigenvalue weighted by atomic mass is 32.2. The van der Waals surface area contributed by atoms with E-state index in [0.29, 0.717) is 17.8 Å². The van der Waals surface area contributed by atoms with Crippen molar-refractivity contribution in [1.29, 1.82) is 0 Å². The summed E-state index contributed by atoms with van der Waals surface area (Å²) in [5.41, 5.74) is 6.04. The van der Waals surface area contributed by atoms with Crippen molar-refractivity contribution in [2.75, 3.05) is 5.32 Å². The van der Waals surface area contributed by atoms with Crippen molar-refractivity contribution in [3.63, 3.8) is 0 Å². The number of phenols is 4. The molecule has 2 amide bonds. The number of hydrogen-bond donors (Lipinski definition) is 8. The third kappa shape index (κ3) is 9.16. The second-order valence-electron chi connectivity index (χ2n) is 9.15. The molecule has 0 bridgehead atoms. The Labute approximate surface area is 262 Å². The number of primary amides is 1. The Morgan fingerprint density at radius 1 is 0.565 bits per heavy atom. The highest BCUT2D eigenvalue weighted by Gasteiger charge is 2.19. The largest absolute Gasteiger partial charge is 0.507 e. The number of aromatic hydroxyl groups is 4. The lowest BCUT2D eigenvalue weighted by Gasteiger charge is -2.08. The third-order valence-electron chi connectivity index (χ3n) is 5.90. The van der Waals surface area contributed by atoms with Gasteiger partial charge in [-0.05, 0) is 53.9 Å². The Bertz CT molecular complexity index is 2050. The van der Waals surface area contributed by atoms with Gasteiger partial charge in [0.05, 0.1) is 26.3 Å². The summed E-state index contributed by atoms with van der Waals surface area (Å²) in [5, 5.41) is 40.1. The Morgan fingerprint density at radius 2 is 0.978 bits per heavy atom. The van der Waals surface area contributed by atoms with Crippen molar-refractivity contribution in [2.24, 2.45) is 5.73 Å². The lowest BCUT2D eigenvalue weighted by molar-refractivity contribution is 0.0994. The van der Waals surface area contributed by atoms with Crippen LogP contribution in [-0.4, -0.2) is 58.2 Å². The molecule has 0 saturated carbocycles. The van der Waals surface area contributed by atoms with Gasteiger partial charge in [-0.2, -0.15) is 16.8 Å². The van der Waals surface area contributed by atoms with Crippen molar-refractivity contribution >= 4 is 48.5 Å². The van der Waals surface area contributed by atoms with E-state index in [1.807, 2.05) is 18.2 Å². The fourth-order valence-electron chi connectivity index (χ4n) is 3.78. The molecule has 9 N–H and O–H groups in total. The van der Waals surface area contributed by atoms with Gasteiger partial charge in [0.1, 0.15) is 23.0 Å². The Hall–Kier alpha value is -5.68. The second-order valence-corrected chi connectivity index (χ2v) is 12.0. The van der Waals surface area contributed by atoms with Crippen molar-refractivity contribution in [3.05, 3.63) is 114 Å². The number of carbonyl (C=O) groups excluding carboxylic acids is 2. The zero-order chi connectivity index (χ0) is 34.2. The van der Waals surface area contributed by atoms with Gasteiger partial charge in [-0.1, -0.05) is 42.5 Å². The number of rotatable bonds is 5. The van der Waals surface area contributed by atoms with Gasteiger partial charge in [-0.25, -0.2) is 0 Å². The molecule has 5 aromatic carbocycles. The number of nitrogens with two attached hydrogens (primary N) is 1. The monoisotopic (exact) mass is 670 g/mol. The molecule has 0 aromatic heterocycles. The molecule has 14 nitrogen and oxygen atoms in total. The third-order valence-corrected chi connectivity index (χ3v) is 7.56. The van der Waals surface area contributed by atoms with Crippen molar-refractivity contribution in [1.82, 2.24) is 0 Å². The van der Waals surface area contributed by atoms with Crippen LogP contribution in [0.15, 0.2) is 113 Å². The van der Waals surface area contributed by atoms with Gasteiger partial charge in [0.25, 0.3) is 32.1 Å². The van der Waals surface area contributed by atoms with Gasteiger partial charge in [0, 0.05) is 17.8 Å². The normalized spacial score (nSPS) is 10.9. The van der Waals surface area contributed by atoms with E-state index in [1.54, 1.807) is 42.5 Å². The summed E-state index contributed by atoms with van der Waals surface area (Å²) in [5.74, 6) is -2.36. The molecular formula is C30H26N2O12S2. The number of phenolic OH excluding ortho intramolecular Hbond substituents is 3. The first-order chi connectivity index (χ1) is 21.5. The van der Waals surface area contributed by atoms with E-state index in [1.165, 1.54) is 18.2 Å². The number of benzene rings is 5. The maximum Gasteiger partial charge on any atom is 0.294 e. The summed E-state index contributed by atoms with van der Waals surface area (Å²) in [7, 11) is -9.26. The minimum absolute atomic E-state index is 0.0177. The SMILES string of the molecule is NC(=O)c1ccccc1O.O=C(Nc1ccccc1)c1ccccc1O.O=S(=O)(O)c1cc(O)c2c(O)cc(S(=O)(=O)O)cc2c1. The highest BCUT2D eigenvalue weighted by Crippen LogP contribution is 2.37. The molecule has 0 spiro atoms. The lowest BCUT2D eigenvalue weighted by Crippen LogP contribution is -2.11. The molecule has 46 heavy (non-hydrogen) atoms. The lowest BCUT2D eigenvalue weighted by atomic mass is 10.1. The molecule has 0 radical (unpaired) electrons. The fourth-order valence-corrected chi connectivity index (χ4v) is 4.86. The predicted molar refractivity (Wildman–Crippen MR) is 166 cm³/mol. The predicted octanol–water partition coefficient (Wildman–Crippen LogP) is 3.88. The van der Waals surface area contributed by atoms with Crippen LogP contribution >= 0.6 is 0 Å². The molecule has 0 atom stereocenters. The van der Waals surface area contributed by atoms with Gasteiger partial charge in [0.15, 0.2) is 0 Å². The zero-order valence-corrected chi connectivity index (χ0v) is 25.0. The van der Waals surface area contributed by atoms with Crippen LogP contribution in [0.1, 0.15) is 20.7 Å². The standard InChI is InChI=1S/C13H11NO2.C10H8O8S2.C7H7NO2/c15-12-9-5-4-8-11(12)13(16)14-10-6-2-1-3-7-10;11-8-3-6(19(13,14)15)1-5-2-7(20(16,17)18)4-9(12)10(5)8;8-7(10)5-3-1-2-4-6(5)9/h1-9,15H,(H,14,16);1-4,11-12H,(H,13,14,15)(H,16,17,18);1-4,9H,(H2,8,10). The maximum absolute atomic E-state index is 11.8. The van der Waals surface area contributed by atoms with Crippen molar-refractivity contribution in [2.45, 2.75) is 9.79 Å². The molecule has 0 saturated heterocycles. The minimum atomic E-state index is -4.63. The highest BCUT2D eigenvalue weighted by molar-refractivity contribution is 7.86. The van der Waals surface area contributed by atoms with Gasteiger partial charge in [-0.3, -0.25) is 18.7 Å². The zero-order valence-electron chi connectivity index (χ0n) is 23.3. The summed E-state index contributed by atoms with van der Waals surface area (Å²) in [6.45, 7) is 0. The summed E-state index contributed by atoms with van der Waals surface area (Å²) in [4.78, 5) is 20.9. The molecular weight excluding hydrogens is 644 g/mol. The maximum atomic E-state index is 11.8. The summed E-state index contributed by atoms with van der Waals surface area (Å²) < 4.78 is 61.8. The molecule has 0 aliphatic rings. The van der Waals surface area contributed by atoms with Crippen molar-refractivity contribution in [3.8, 4) is 23.0 Å². The quantitative estimate of drug-likeness (QED) is 0.124. The number of hydrogen-bond acceptors (Lipinski definition) is 10. The van der Waals surface area contributed by atoms with Crippen LogP contribution in [0.25, 0.3) is 10.8 Å². The molecule has 5 rings (SSSR count).